The molecule has 20 heavy (non-hydrogen) atoms. The van der Waals surface area contributed by atoms with Crippen LogP contribution in [0.3, 0.4) is 0 Å². The molecule has 0 bridgehead atoms. The SMILES string of the molecule is CN(CCC(=O)OC(C)(C)C)C(=O)c1ccc(Br)cn1. The Morgan fingerprint density at radius 2 is 2.00 bits per heavy atom. The summed E-state index contributed by atoms with van der Waals surface area (Å²) in [5.41, 5.74) is -0.160. The van der Waals surface area contributed by atoms with Crippen molar-refractivity contribution in [1.82, 2.24) is 9.88 Å². The van der Waals surface area contributed by atoms with Gasteiger partial charge in [-0.25, -0.2) is 4.98 Å². The largest absolute Gasteiger partial charge is 0.460 e. The summed E-state index contributed by atoms with van der Waals surface area (Å²) >= 11 is 3.26. The van der Waals surface area contributed by atoms with Crippen LogP contribution >= 0.6 is 15.9 Å². The van der Waals surface area contributed by atoms with E-state index in [9.17, 15) is 9.59 Å². The van der Waals surface area contributed by atoms with Gasteiger partial charge in [0.05, 0.1) is 6.42 Å². The number of amides is 1. The minimum atomic E-state index is -0.507. The molecular weight excluding hydrogens is 324 g/mol. The number of pyridine rings is 1. The van der Waals surface area contributed by atoms with E-state index in [0.29, 0.717) is 12.2 Å². The van der Waals surface area contributed by atoms with E-state index in [4.69, 9.17) is 4.74 Å². The molecule has 1 aromatic rings. The Kier molecular flexibility index (Phi) is 5.68. The van der Waals surface area contributed by atoms with Crippen molar-refractivity contribution in [3.8, 4) is 0 Å². The van der Waals surface area contributed by atoms with Gasteiger partial charge in [0.2, 0.25) is 0 Å². The van der Waals surface area contributed by atoms with Gasteiger partial charge in [-0.1, -0.05) is 0 Å². The fourth-order valence-corrected chi connectivity index (χ4v) is 1.69. The van der Waals surface area contributed by atoms with Crippen molar-refractivity contribution in [1.29, 1.82) is 0 Å². The van der Waals surface area contributed by atoms with Crippen molar-refractivity contribution in [2.45, 2.75) is 32.8 Å². The second-order valence-electron chi connectivity index (χ2n) is 5.42. The van der Waals surface area contributed by atoms with Gasteiger partial charge in [-0.2, -0.15) is 0 Å². The smallest absolute Gasteiger partial charge is 0.308 e. The van der Waals surface area contributed by atoms with Crippen LogP contribution in [0.15, 0.2) is 22.8 Å². The maximum Gasteiger partial charge on any atom is 0.308 e. The molecule has 5 nitrogen and oxygen atoms in total. The van der Waals surface area contributed by atoms with E-state index in [2.05, 4.69) is 20.9 Å². The fourth-order valence-electron chi connectivity index (χ4n) is 1.45. The van der Waals surface area contributed by atoms with Crippen LogP contribution < -0.4 is 0 Å². The lowest BCUT2D eigenvalue weighted by molar-refractivity contribution is -0.154. The number of ether oxygens (including phenoxy) is 1. The average molecular weight is 343 g/mol. The number of halogens is 1. The molecule has 0 N–H and O–H groups in total. The number of esters is 1. The third-order valence-corrected chi connectivity index (χ3v) is 2.83. The Balaban J connectivity index is 2.50. The number of carbonyl (C=O) groups excluding carboxylic acids is 2. The summed E-state index contributed by atoms with van der Waals surface area (Å²) in [6.07, 6.45) is 1.73. The van der Waals surface area contributed by atoms with E-state index < -0.39 is 5.60 Å². The zero-order valence-electron chi connectivity index (χ0n) is 12.1. The molecule has 0 saturated heterocycles. The van der Waals surface area contributed by atoms with Crippen LogP contribution in [0.4, 0.5) is 0 Å². The molecule has 0 spiro atoms. The predicted molar refractivity (Wildman–Crippen MR) is 79.4 cm³/mol. The standard InChI is InChI=1S/C14H19BrN2O3/c1-14(2,3)20-12(18)7-8-17(4)13(19)11-6-5-10(15)9-16-11/h5-6,9H,7-8H2,1-4H3. The lowest BCUT2D eigenvalue weighted by Gasteiger charge is -2.21. The fraction of sp³-hybridized carbons (Fsp3) is 0.500. The monoisotopic (exact) mass is 342 g/mol. The van der Waals surface area contributed by atoms with Gasteiger partial charge in [-0.05, 0) is 48.8 Å². The summed E-state index contributed by atoms with van der Waals surface area (Å²) in [6, 6.07) is 3.39. The predicted octanol–water partition coefficient (Wildman–Crippen LogP) is 2.65. The van der Waals surface area contributed by atoms with Gasteiger partial charge in [0.25, 0.3) is 5.91 Å². The molecule has 0 radical (unpaired) electrons. The Hall–Kier alpha value is -1.43. The summed E-state index contributed by atoms with van der Waals surface area (Å²) in [5, 5.41) is 0. The molecule has 1 aromatic heterocycles. The van der Waals surface area contributed by atoms with Crippen LogP contribution in [-0.2, 0) is 9.53 Å². The van der Waals surface area contributed by atoms with Crippen molar-refractivity contribution in [3.05, 3.63) is 28.5 Å². The van der Waals surface area contributed by atoms with Crippen molar-refractivity contribution < 1.29 is 14.3 Å². The van der Waals surface area contributed by atoms with Crippen LogP contribution in [-0.4, -0.2) is 41.0 Å². The second-order valence-corrected chi connectivity index (χ2v) is 6.34. The molecule has 6 heteroatoms. The number of aromatic nitrogens is 1. The van der Waals surface area contributed by atoms with E-state index >= 15 is 0 Å². The van der Waals surface area contributed by atoms with Gasteiger partial charge in [0.1, 0.15) is 11.3 Å². The molecular formula is C14H19BrN2O3. The summed E-state index contributed by atoms with van der Waals surface area (Å²) in [7, 11) is 1.64. The maximum atomic E-state index is 12.0. The maximum absolute atomic E-state index is 12.0. The molecule has 1 rings (SSSR count). The highest BCUT2D eigenvalue weighted by atomic mass is 79.9. The minimum absolute atomic E-state index is 0.163. The number of rotatable bonds is 4. The first-order valence-corrected chi connectivity index (χ1v) is 7.07. The lowest BCUT2D eigenvalue weighted by atomic mass is 10.2. The normalized spacial score (nSPS) is 11.1. The van der Waals surface area contributed by atoms with E-state index in [1.807, 2.05) is 20.8 Å². The highest BCUT2D eigenvalue weighted by Gasteiger charge is 2.18. The highest BCUT2D eigenvalue weighted by molar-refractivity contribution is 9.10. The van der Waals surface area contributed by atoms with Crippen molar-refractivity contribution in [2.75, 3.05) is 13.6 Å². The quantitative estimate of drug-likeness (QED) is 0.789. The van der Waals surface area contributed by atoms with Crippen molar-refractivity contribution >= 4 is 27.8 Å². The van der Waals surface area contributed by atoms with Gasteiger partial charge in [-0.15, -0.1) is 0 Å². The van der Waals surface area contributed by atoms with E-state index in [1.54, 1.807) is 25.4 Å². The van der Waals surface area contributed by atoms with Gasteiger partial charge in [0.15, 0.2) is 0 Å². The summed E-state index contributed by atoms with van der Waals surface area (Å²) < 4.78 is 6.00. The van der Waals surface area contributed by atoms with E-state index in [0.717, 1.165) is 4.47 Å². The molecule has 0 aliphatic heterocycles. The van der Waals surface area contributed by atoms with Crippen molar-refractivity contribution in [3.63, 3.8) is 0 Å². The van der Waals surface area contributed by atoms with Gasteiger partial charge in [-0.3, -0.25) is 9.59 Å². The van der Waals surface area contributed by atoms with E-state index in [-0.39, 0.29) is 18.3 Å². The molecule has 1 heterocycles. The molecule has 0 saturated carbocycles. The number of nitrogens with zero attached hydrogens (tertiary/aromatic N) is 2. The zero-order chi connectivity index (χ0) is 15.3. The molecule has 0 fully saturated rings. The average Bonchev–Trinajstić information content (AvgIpc) is 2.34. The zero-order valence-corrected chi connectivity index (χ0v) is 13.7. The summed E-state index contributed by atoms with van der Waals surface area (Å²) in [4.78, 5) is 29.1. The van der Waals surface area contributed by atoms with Crippen LogP contribution in [0.5, 0.6) is 0 Å². The molecule has 0 unspecified atom stereocenters. The Morgan fingerprint density at radius 1 is 1.35 bits per heavy atom. The molecule has 110 valence electrons. The molecule has 0 aromatic carbocycles. The third kappa shape index (κ3) is 5.69. The van der Waals surface area contributed by atoms with Gasteiger partial charge < -0.3 is 9.64 Å². The molecule has 0 atom stereocenters. The van der Waals surface area contributed by atoms with Crippen LogP contribution in [0.2, 0.25) is 0 Å². The molecule has 0 aliphatic carbocycles. The first kappa shape index (κ1) is 16.6. The molecule has 0 aliphatic rings. The van der Waals surface area contributed by atoms with Gasteiger partial charge >= 0.3 is 5.97 Å². The first-order chi connectivity index (χ1) is 9.19. The Morgan fingerprint density at radius 3 is 2.50 bits per heavy atom. The number of hydrogen-bond donors (Lipinski definition) is 0. The Labute approximate surface area is 127 Å². The topological polar surface area (TPSA) is 59.5 Å². The van der Waals surface area contributed by atoms with Crippen LogP contribution in [0.1, 0.15) is 37.7 Å². The summed E-state index contributed by atoms with van der Waals surface area (Å²) in [5.74, 6) is -0.540. The molecule has 1 amide bonds. The van der Waals surface area contributed by atoms with E-state index in [1.165, 1.54) is 4.90 Å². The highest BCUT2D eigenvalue weighted by Crippen LogP contribution is 2.10. The third-order valence-electron chi connectivity index (χ3n) is 2.36. The van der Waals surface area contributed by atoms with Crippen LogP contribution in [0.25, 0.3) is 0 Å². The number of carbonyl (C=O) groups is 2. The summed E-state index contributed by atoms with van der Waals surface area (Å²) in [6.45, 7) is 5.73. The Bertz CT molecular complexity index is 480. The lowest BCUT2D eigenvalue weighted by Crippen LogP contribution is -2.31. The minimum Gasteiger partial charge on any atom is -0.460 e. The first-order valence-electron chi connectivity index (χ1n) is 6.28. The van der Waals surface area contributed by atoms with Gasteiger partial charge in [0, 0.05) is 24.3 Å². The number of hydrogen-bond acceptors (Lipinski definition) is 4. The second kappa shape index (κ2) is 6.83. The van der Waals surface area contributed by atoms with Crippen LogP contribution in [0, 0.1) is 0 Å². The van der Waals surface area contributed by atoms with Crippen molar-refractivity contribution in [2.24, 2.45) is 0 Å².